The molecule has 0 saturated heterocycles. The number of carbonyl (C=O) groups is 2. The Morgan fingerprint density at radius 3 is 2.47 bits per heavy atom. The Balaban J connectivity index is 1.96. The molecule has 38 heavy (non-hydrogen) atoms. The molecule has 0 fully saturated rings. The maximum atomic E-state index is 13.4. The van der Waals surface area contributed by atoms with Gasteiger partial charge in [-0.2, -0.15) is 0 Å². The van der Waals surface area contributed by atoms with Crippen LogP contribution in [-0.4, -0.2) is 33.4 Å². The average Bonchev–Trinajstić information content (AvgIpc) is 2.86. The predicted molar refractivity (Wildman–Crippen MR) is 146 cm³/mol. The van der Waals surface area contributed by atoms with Gasteiger partial charge in [0.05, 0.1) is 25.6 Å². The number of ether oxygens (including phenoxy) is 1. The first-order chi connectivity index (χ1) is 18.1. The van der Waals surface area contributed by atoms with Gasteiger partial charge in [-0.25, -0.2) is 4.79 Å². The van der Waals surface area contributed by atoms with Crippen LogP contribution in [0.5, 0.6) is 11.5 Å². The Hall–Kier alpha value is -3.98. The van der Waals surface area contributed by atoms with Crippen LogP contribution >= 0.6 is 11.6 Å². The monoisotopic (exact) mass is 541 g/mol. The largest absolute Gasteiger partial charge is 0.505 e. The van der Waals surface area contributed by atoms with Crippen LogP contribution in [0.4, 0.5) is 10.5 Å². The first-order valence-corrected chi connectivity index (χ1v) is 12.7. The number of anilines is 1. The van der Waals surface area contributed by atoms with Crippen LogP contribution in [0.2, 0.25) is 5.02 Å². The number of amides is 2. The summed E-state index contributed by atoms with van der Waals surface area (Å²) >= 11 is 6.42. The Morgan fingerprint density at radius 1 is 1.13 bits per heavy atom. The number of halogens is 1. The molecular weight excluding hydrogens is 510 g/mol. The van der Waals surface area contributed by atoms with Crippen molar-refractivity contribution in [3.05, 3.63) is 86.3 Å². The van der Waals surface area contributed by atoms with Gasteiger partial charge in [0.15, 0.2) is 5.69 Å². The number of hydrogen-bond donors (Lipinski definition) is 4. The summed E-state index contributed by atoms with van der Waals surface area (Å²) in [7, 11) is 0. The number of carbonyl (C=O) groups excluding carboxylic acids is 1. The van der Waals surface area contributed by atoms with Crippen LogP contribution in [0.15, 0.2) is 53.5 Å². The van der Waals surface area contributed by atoms with Crippen molar-refractivity contribution in [2.75, 3.05) is 11.9 Å². The SMILES string of the molecule is CCCc1cn(Cc2c(Cl)cccc2OCC)c(=O)c(NC(=O)N[C@@H](CC(=O)O)c2ccc(C)cc2)c1O. The zero-order chi connectivity index (χ0) is 27.8. The minimum atomic E-state index is -1.10. The summed E-state index contributed by atoms with van der Waals surface area (Å²) < 4.78 is 7.03. The number of carboxylic acid groups (broad SMARTS) is 1. The number of rotatable bonds is 11. The Bertz CT molecular complexity index is 1350. The highest BCUT2D eigenvalue weighted by atomic mass is 35.5. The van der Waals surface area contributed by atoms with E-state index in [1.807, 2.05) is 32.9 Å². The van der Waals surface area contributed by atoms with E-state index in [-0.39, 0.29) is 24.4 Å². The number of aromatic nitrogens is 1. The van der Waals surface area contributed by atoms with Gasteiger partial charge < -0.3 is 30.2 Å². The van der Waals surface area contributed by atoms with Crippen molar-refractivity contribution in [2.24, 2.45) is 0 Å². The number of aliphatic carboxylic acids is 1. The molecule has 0 radical (unpaired) electrons. The summed E-state index contributed by atoms with van der Waals surface area (Å²) in [5, 5.41) is 25.7. The van der Waals surface area contributed by atoms with Crippen LogP contribution in [-0.2, 0) is 17.8 Å². The molecule has 3 aromatic rings. The van der Waals surface area contributed by atoms with E-state index in [1.165, 1.54) is 4.57 Å². The highest BCUT2D eigenvalue weighted by molar-refractivity contribution is 6.31. The number of benzene rings is 2. The molecular formula is C28H32ClN3O6. The molecule has 1 aromatic heterocycles. The smallest absolute Gasteiger partial charge is 0.319 e. The highest BCUT2D eigenvalue weighted by Gasteiger charge is 2.22. The van der Waals surface area contributed by atoms with E-state index in [1.54, 1.807) is 36.5 Å². The summed E-state index contributed by atoms with van der Waals surface area (Å²) in [4.78, 5) is 37.8. The fraction of sp³-hybridized carbons (Fsp3) is 0.321. The number of nitrogens with zero attached hydrogens (tertiary/aromatic N) is 1. The van der Waals surface area contributed by atoms with E-state index in [4.69, 9.17) is 16.3 Å². The second-order valence-electron chi connectivity index (χ2n) is 8.87. The number of aromatic hydroxyl groups is 1. The molecule has 1 heterocycles. The second-order valence-corrected chi connectivity index (χ2v) is 9.28. The third-order valence-corrected chi connectivity index (χ3v) is 6.31. The quantitative estimate of drug-likeness (QED) is 0.262. The van der Waals surface area contributed by atoms with Gasteiger partial charge in [0.25, 0.3) is 5.56 Å². The van der Waals surface area contributed by atoms with Crippen LogP contribution in [0, 0.1) is 6.92 Å². The lowest BCUT2D eigenvalue weighted by molar-refractivity contribution is -0.137. The third-order valence-electron chi connectivity index (χ3n) is 5.95. The van der Waals surface area contributed by atoms with Crippen molar-refractivity contribution in [1.82, 2.24) is 9.88 Å². The number of aryl methyl sites for hydroxylation is 2. The molecule has 2 amide bonds. The second kappa shape index (κ2) is 13.0. The molecule has 3 rings (SSSR count). The van der Waals surface area contributed by atoms with Crippen LogP contribution < -0.4 is 20.9 Å². The molecule has 4 N–H and O–H groups in total. The number of nitrogens with one attached hydrogen (secondary N) is 2. The van der Waals surface area contributed by atoms with Crippen LogP contribution in [0.25, 0.3) is 0 Å². The van der Waals surface area contributed by atoms with E-state index in [0.29, 0.717) is 46.9 Å². The highest BCUT2D eigenvalue weighted by Crippen LogP contribution is 2.30. The predicted octanol–water partition coefficient (Wildman–Crippen LogP) is 5.25. The topological polar surface area (TPSA) is 130 Å². The lowest BCUT2D eigenvalue weighted by atomic mass is 10.0. The fourth-order valence-electron chi connectivity index (χ4n) is 4.08. The maximum absolute atomic E-state index is 13.4. The molecule has 202 valence electrons. The average molecular weight is 542 g/mol. The minimum Gasteiger partial charge on any atom is -0.505 e. The van der Waals surface area contributed by atoms with E-state index in [2.05, 4.69) is 10.6 Å². The van der Waals surface area contributed by atoms with Gasteiger partial charge in [0.1, 0.15) is 11.5 Å². The van der Waals surface area contributed by atoms with E-state index < -0.39 is 23.6 Å². The zero-order valence-corrected chi connectivity index (χ0v) is 22.3. The standard InChI is InChI=1S/C28H32ClN3O6/c1-4-7-19-15-32(16-20-21(29)8-6-9-23(20)38-5-2)27(36)25(26(19)35)31-28(37)30-22(14-24(33)34)18-12-10-17(3)11-13-18/h6,8-13,15,22,35H,4-5,7,14,16H2,1-3H3,(H,33,34)(H2,30,31,37)/t22-/m0/s1. The van der Waals surface area contributed by atoms with Crippen molar-refractivity contribution < 1.29 is 24.5 Å². The van der Waals surface area contributed by atoms with Crippen molar-refractivity contribution >= 4 is 29.3 Å². The van der Waals surface area contributed by atoms with Crippen molar-refractivity contribution in [3.63, 3.8) is 0 Å². The van der Waals surface area contributed by atoms with E-state index in [0.717, 1.165) is 5.56 Å². The molecule has 10 heteroatoms. The Kier molecular flexibility index (Phi) is 9.78. The molecule has 0 bridgehead atoms. The van der Waals surface area contributed by atoms with Gasteiger partial charge in [-0.15, -0.1) is 0 Å². The van der Waals surface area contributed by atoms with Gasteiger partial charge in [0.2, 0.25) is 0 Å². The van der Waals surface area contributed by atoms with Gasteiger partial charge in [0, 0.05) is 22.3 Å². The molecule has 0 aliphatic carbocycles. The van der Waals surface area contributed by atoms with Crippen LogP contribution in [0.3, 0.4) is 0 Å². The summed E-state index contributed by atoms with van der Waals surface area (Å²) in [6.45, 7) is 6.11. The summed E-state index contributed by atoms with van der Waals surface area (Å²) in [6, 6.07) is 10.6. The van der Waals surface area contributed by atoms with E-state index >= 15 is 0 Å². The Labute approximate surface area is 226 Å². The molecule has 2 aromatic carbocycles. The first-order valence-electron chi connectivity index (χ1n) is 12.4. The van der Waals surface area contributed by atoms with Gasteiger partial charge >= 0.3 is 12.0 Å². The molecule has 9 nitrogen and oxygen atoms in total. The van der Waals surface area contributed by atoms with Crippen molar-refractivity contribution in [2.45, 2.75) is 52.6 Å². The maximum Gasteiger partial charge on any atom is 0.319 e. The summed E-state index contributed by atoms with van der Waals surface area (Å²) in [5.74, 6) is -0.910. The molecule has 0 saturated carbocycles. The first kappa shape index (κ1) is 28.6. The minimum absolute atomic E-state index is 0.0478. The molecule has 1 atom stereocenters. The molecule has 0 spiro atoms. The summed E-state index contributed by atoms with van der Waals surface area (Å²) in [6.07, 6.45) is 2.31. The van der Waals surface area contributed by atoms with Crippen molar-refractivity contribution in [1.29, 1.82) is 0 Å². The number of urea groups is 1. The lowest BCUT2D eigenvalue weighted by Gasteiger charge is -2.20. The van der Waals surface area contributed by atoms with Gasteiger partial charge in [-0.3, -0.25) is 9.59 Å². The fourth-order valence-corrected chi connectivity index (χ4v) is 4.31. The van der Waals surface area contributed by atoms with E-state index in [9.17, 15) is 24.6 Å². The third kappa shape index (κ3) is 7.07. The zero-order valence-electron chi connectivity index (χ0n) is 21.6. The van der Waals surface area contributed by atoms with Crippen molar-refractivity contribution in [3.8, 4) is 11.5 Å². The van der Waals surface area contributed by atoms with Crippen LogP contribution in [0.1, 0.15) is 55.0 Å². The van der Waals surface area contributed by atoms with Gasteiger partial charge in [-0.1, -0.05) is 60.8 Å². The lowest BCUT2D eigenvalue weighted by Crippen LogP contribution is -2.36. The normalized spacial score (nSPS) is 11.6. The number of hydrogen-bond acceptors (Lipinski definition) is 5. The molecule has 0 aliphatic heterocycles. The summed E-state index contributed by atoms with van der Waals surface area (Å²) in [5.41, 5.74) is 1.67. The molecule has 0 aliphatic rings. The number of carboxylic acids is 1. The molecule has 0 unspecified atom stereocenters. The number of pyridine rings is 1. The van der Waals surface area contributed by atoms with Gasteiger partial charge in [-0.05, 0) is 38.0 Å². The Morgan fingerprint density at radius 2 is 1.84 bits per heavy atom.